The molecule has 0 atom stereocenters. The molecule has 0 saturated heterocycles. The second kappa shape index (κ2) is 10.4. The van der Waals surface area contributed by atoms with Crippen LogP contribution in [0.5, 0.6) is 0 Å². The van der Waals surface area contributed by atoms with Gasteiger partial charge in [-0.25, -0.2) is 18.4 Å². The van der Waals surface area contributed by atoms with E-state index in [4.69, 9.17) is 0 Å². The van der Waals surface area contributed by atoms with Gasteiger partial charge in [-0.2, -0.15) is 4.68 Å². The molecule has 6 rings (SSSR count). The highest BCUT2D eigenvalue weighted by Gasteiger charge is 2.21. The molecule has 40 heavy (non-hydrogen) atoms. The summed E-state index contributed by atoms with van der Waals surface area (Å²) < 4.78 is 30.4. The van der Waals surface area contributed by atoms with Crippen LogP contribution >= 0.6 is 11.3 Å². The number of aliphatic imine (C=N–C) groups is 1. The van der Waals surface area contributed by atoms with E-state index in [9.17, 15) is 13.2 Å². The van der Waals surface area contributed by atoms with Crippen molar-refractivity contribution in [3.63, 3.8) is 0 Å². The van der Waals surface area contributed by atoms with Crippen molar-refractivity contribution in [2.45, 2.75) is 11.8 Å². The summed E-state index contributed by atoms with van der Waals surface area (Å²) in [6, 6.07) is 28.3. The Morgan fingerprint density at radius 2 is 1.65 bits per heavy atom. The maximum atomic E-state index is 13.8. The van der Waals surface area contributed by atoms with Gasteiger partial charge in [-0.15, -0.1) is 0 Å². The average molecular weight is 567 g/mol. The van der Waals surface area contributed by atoms with Gasteiger partial charge in [0, 0.05) is 11.8 Å². The lowest BCUT2D eigenvalue weighted by atomic mass is 10.1. The number of hydrogen-bond acceptors (Lipinski definition) is 7. The molecule has 0 amide bonds. The SMILES string of the molecule is CC(=Nc1ccc(S(=O)(=O)Nc2ccccn2)cc1)c1c(-c2ccccc2)[nH]n(-c2nc3ccccc3s2)c1=O. The van der Waals surface area contributed by atoms with Crippen LogP contribution < -0.4 is 10.3 Å². The third kappa shape index (κ3) is 4.95. The van der Waals surface area contributed by atoms with Crippen LogP contribution in [0.15, 0.2) is 118 Å². The number of pyridine rings is 1. The van der Waals surface area contributed by atoms with Crippen LogP contribution in [0.25, 0.3) is 26.6 Å². The molecule has 0 aliphatic carbocycles. The highest BCUT2D eigenvalue weighted by atomic mass is 32.2. The first-order chi connectivity index (χ1) is 19.4. The van der Waals surface area contributed by atoms with E-state index < -0.39 is 10.0 Å². The smallest absolute Gasteiger partial charge is 0.283 e. The van der Waals surface area contributed by atoms with Crippen molar-refractivity contribution in [1.82, 2.24) is 19.7 Å². The van der Waals surface area contributed by atoms with E-state index >= 15 is 0 Å². The molecule has 0 fully saturated rings. The Bertz CT molecular complexity index is 1980. The minimum atomic E-state index is -3.82. The first kappa shape index (κ1) is 25.4. The number of H-pyrrole nitrogens is 1. The summed E-state index contributed by atoms with van der Waals surface area (Å²) in [5.41, 5.74) is 3.35. The van der Waals surface area contributed by atoms with Crippen molar-refractivity contribution in [2.24, 2.45) is 4.99 Å². The molecule has 198 valence electrons. The number of nitrogens with one attached hydrogen (secondary N) is 2. The molecule has 0 unspecified atom stereocenters. The van der Waals surface area contributed by atoms with Crippen LogP contribution in [0, 0.1) is 0 Å². The zero-order valence-electron chi connectivity index (χ0n) is 21.1. The molecule has 2 N–H and O–H groups in total. The third-order valence-electron chi connectivity index (χ3n) is 6.14. The van der Waals surface area contributed by atoms with Crippen molar-refractivity contribution in [3.05, 3.63) is 119 Å². The third-order valence-corrected chi connectivity index (χ3v) is 8.53. The molecule has 3 aromatic heterocycles. The summed E-state index contributed by atoms with van der Waals surface area (Å²) in [5, 5.41) is 3.77. The monoisotopic (exact) mass is 566 g/mol. The fourth-order valence-corrected chi connectivity index (χ4v) is 6.18. The number of rotatable bonds is 7. The van der Waals surface area contributed by atoms with E-state index in [1.54, 1.807) is 37.3 Å². The summed E-state index contributed by atoms with van der Waals surface area (Å²) >= 11 is 1.42. The summed E-state index contributed by atoms with van der Waals surface area (Å²) in [7, 11) is -3.82. The lowest BCUT2D eigenvalue weighted by Gasteiger charge is -2.07. The Labute approximate surface area is 233 Å². The van der Waals surface area contributed by atoms with E-state index in [2.05, 4.69) is 24.8 Å². The van der Waals surface area contributed by atoms with Crippen molar-refractivity contribution >= 4 is 48.8 Å². The quantitative estimate of drug-likeness (QED) is 0.237. The normalized spacial score (nSPS) is 12.1. The number of anilines is 1. The largest absolute Gasteiger partial charge is 0.288 e. The van der Waals surface area contributed by atoms with Crippen LogP contribution in [-0.2, 0) is 10.0 Å². The molecule has 6 aromatic rings. The number of fused-ring (bicyclic) bond motifs is 1. The van der Waals surface area contributed by atoms with Crippen molar-refractivity contribution < 1.29 is 8.42 Å². The topological polar surface area (TPSA) is 122 Å². The molecule has 0 spiro atoms. The number of hydrogen-bond donors (Lipinski definition) is 2. The van der Waals surface area contributed by atoms with E-state index in [1.807, 2.05) is 54.6 Å². The van der Waals surface area contributed by atoms with Gasteiger partial charge in [-0.05, 0) is 55.5 Å². The van der Waals surface area contributed by atoms with E-state index in [1.165, 1.54) is 34.3 Å². The van der Waals surface area contributed by atoms with Crippen LogP contribution in [-0.4, -0.2) is 33.9 Å². The number of aromatic amines is 1. The highest BCUT2D eigenvalue weighted by Crippen LogP contribution is 2.27. The number of para-hydroxylation sites is 1. The van der Waals surface area contributed by atoms with Gasteiger partial charge in [0.1, 0.15) is 5.82 Å². The molecule has 0 radical (unpaired) electrons. The van der Waals surface area contributed by atoms with E-state index in [0.717, 1.165) is 15.8 Å². The predicted octanol–water partition coefficient (Wildman–Crippen LogP) is 5.78. The highest BCUT2D eigenvalue weighted by molar-refractivity contribution is 7.92. The second-order valence-corrected chi connectivity index (χ2v) is 11.5. The van der Waals surface area contributed by atoms with Gasteiger partial charge in [0.2, 0.25) is 5.13 Å². The molecule has 0 aliphatic rings. The maximum absolute atomic E-state index is 13.8. The second-order valence-electron chi connectivity index (χ2n) is 8.84. The molecule has 0 aliphatic heterocycles. The average Bonchev–Trinajstić information content (AvgIpc) is 3.55. The number of benzene rings is 3. The van der Waals surface area contributed by atoms with Gasteiger partial charge >= 0.3 is 0 Å². The van der Waals surface area contributed by atoms with E-state index in [-0.39, 0.29) is 16.3 Å². The molecular formula is C29H22N6O3S2. The Balaban J connectivity index is 1.38. The molecule has 9 nitrogen and oxygen atoms in total. The Morgan fingerprint density at radius 1 is 0.925 bits per heavy atom. The van der Waals surface area contributed by atoms with Gasteiger partial charge in [0.25, 0.3) is 15.6 Å². The Hall–Kier alpha value is -4.87. The summed E-state index contributed by atoms with van der Waals surface area (Å²) in [6.45, 7) is 1.76. The minimum absolute atomic E-state index is 0.0690. The van der Waals surface area contributed by atoms with Crippen LogP contribution in [0.4, 0.5) is 11.5 Å². The Morgan fingerprint density at radius 3 is 2.38 bits per heavy atom. The summed E-state index contributed by atoms with van der Waals surface area (Å²) in [4.78, 5) is 27.1. The van der Waals surface area contributed by atoms with Crippen LogP contribution in [0.3, 0.4) is 0 Å². The molecule has 3 heterocycles. The van der Waals surface area contributed by atoms with Gasteiger partial charge in [-0.1, -0.05) is 59.9 Å². The zero-order valence-corrected chi connectivity index (χ0v) is 22.8. The standard InChI is InChI=1S/C29H22N6O3S2/c1-19(31-21-14-16-22(17-15-21)40(37,38)34-25-13-7-8-18-30-25)26-27(20-9-3-2-4-10-20)33-35(28(26)36)29-32-23-11-5-6-12-24(23)39-29/h2-18,33H,1H3,(H,30,34). The van der Waals surface area contributed by atoms with Crippen LogP contribution in [0.2, 0.25) is 0 Å². The predicted molar refractivity (Wildman–Crippen MR) is 158 cm³/mol. The molecular weight excluding hydrogens is 544 g/mol. The van der Waals surface area contributed by atoms with Gasteiger partial charge in [0.05, 0.1) is 37.8 Å². The van der Waals surface area contributed by atoms with Crippen molar-refractivity contribution in [2.75, 3.05) is 4.72 Å². The van der Waals surface area contributed by atoms with Gasteiger partial charge < -0.3 is 0 Å². The van der Waals surface area contributed by atoms with Crippen molar-refractivity contribution in [1.29, 1.82) is 0 Å². The van der Waals surface area contributed by atoms with Gasteiger partial charge in [0.15, 0.2) is 0 Å². The van der Waals surface area contributed by atoms with E-state index in [0.29, 0.717) is 27.8 Å². The number of sulfonamides is 1. The first-order valence-corrected chi connectivity index (χ1v) is 14.5. The fraction of sp³-hybridized carbons (Fsp3) is 0.0345. The molecule has 0 bridgehead atoms. The van der Waals surface area contributed by atoms with Gasteiger partial charge in [-0.3, -0.25) is 19.6 Å². The number of nitrogens with zero attached hydrogens (tertiary/aromatic N) is 4. The number of aromatic nitrogens is 4. The molecule has 0 saturated carbocycles. The molecule has 11 heteroatoms. The number of thiazole rings is 1. The fourth-order valence-electron chi connectivity index (χ4n) is 4.25. The zero-order chi connectivity index (χ0) is 27.7. The first-order valence-electron chi connectivity index (χ1n) is 12.2. The van der Waals surface area contributed by atoms with Crippen LogP contribution in [0.1, 0.15) is 12.5 Å². The van der Waals surface area contributed by atoms with Crippen molar-refractivity contribution in [3.8, 4) is 16.4 Å². The lowest BCUT2D eigenvalue weighted by Crippen LogP contribution is -2.19. The minimum Gasteiger partial charge on any atom is -0.288 e. The summed E-state index contributed by atoms with van der Waals surface area (Å²) in [5.74, 6) is 0.228. The molecule has 3 aromatic carbocycles. The Kier molecular flexibility index (Phi) is 6.58. The summed E-state index contributed by atoms with van der Waals surface area (Å²) in [6.07, 6.45) is 1.51. The maximum Gasteiger partial charge on any atom is 0.283 e. The lowest BCUT2D eigenvalue weighted by molar-refractivity contribution is 0.601.